The molecule has 33 heavy (non-hydrogen) atoms. The summed E-state index contributed by atoms with van der Waals surface area (Å²) >= 11 is 5.65. The van der Waals surface area contributed by atoms with Gasteiger partial charge in [0, 0.05) is 32.6 Å². The number of benzene rings is 1. The number of nitrogens with zero attached hydrogens (tertiary/aromatic N) is 2. The molecule has 1 amide bonds. The monoisotopic (exact) mass is 471 g/mol. The van der Waals surface area contributed by atoms with Crippen LogP contribution in [0.4, 0.5) is 5.69 Å². The van der Waals surface area contributed by atoms with E-state index in [2.05, 4.69) is 15.1 Å². The Kier molecular flexibility index (Phi) is 8.23. The minimum Gasteiger partial charge on any atom is -0.465 e. The highest BCUT2D eigenvalue weighted by atomic mass is 32.1. The molecular weight excluding hydrogens is 434 g/mol. The third-order valence-electron chi connectivity index (χ3n) is 7.90. The number of hydrogen-bond donors (Lipinski definition) is 1. The number of thiocarbonyl (C=S) groups is 1. The van der Waals surface area contributed by atoms with E-state index in [1.165, 1.54) is 32.8 Å². The molecule has 3 fully saturated rings. The molecule has 0 atom stereocenters. The maximum Gasteiger partial charge on any atom is 0.339 e. The molecule has 3 aliphatic rings. The first-order valence-electron chi connectivity index (χ1n) is 12.6. The van der Waals surface area contributed by atoms with Crippen molar-refractivity contribution in [1.82, 2.24) is 9.80 Å². The number of anilines is 1. The van der Waals surface area contributed by atoms with Crippen LogP contribution in [-0.2, 0) is 9.53 Å². The Hall–Kier alpha value is -2.15. The van der Waals surface area contributed by atoms with E-state index < -0.39 is 0 Å². The highest BCUT2D eigenvalue weighted by Gasteiger charge is 2.32. The van der Waals surface area contributed by atoms with Crippen molar-refractivity contribution >= 4 is 34.9 Å². The lowest BCUT2D eigenvalue weighted by molar-refractivity contribution is -0.133. The molecule has 4 rings (SSSR count). The van der Waals surface area contributed by atoms with E-state index in [9.17, 15) is 9.59 Å². The maximum atomic E-state index is 12.7. The third-order valence-corrected chi connectivity index (χ3v) is 8.26. The normalized spacial score (nSPS) is 20.6. The van der Waals surface area contributed by atoms with Crippen LogP contribution in [0.1, 0.15) is 68.1 Å². The fourth-order valence-electron chi connectivity index (χ4n) is 5.86. The maximum absolute atomic E-state index is 12.7. The van der Waals surface area contributed by atoms with Crippen LogP contribution >= 0.6 is 12.2 Å². The smallest absolute Gasteiger partial charge is 0.339 e. The van der Waals surface area contributed by atoms with Crippen molar-refractivity contribution in [3.05, 3.63) is 29.8 Å². The van der Waals surface area contributed by atoms with Crippen LogP contribution < -0.4 is 5.32 Å². The summed E-state index contributed by atoms with van der Waals surface area (Å²) in [6.45, 7) is 3.72. The molecule has 0 unspecified atom stereocenters. The lowest BCUT2D eigenvalue weighted by atomic mass is 9.78. The minimum atomic E-state index is -0.368. The number of hydrogen-bond acceptors (Lipinski definition) is 4. The zero-order valence-corrected chi connectivity index (χ0v) is 20.6. The van der Waals surface area contributed by atoms with Gasteiger partial charge in [0.2, 0.25) is 5.91 Å². The van der Waals surface area contributed by atoms with Crippen molar-refractivity contribution in [2.75, 3.05) is 38.6 Å². The average Bonchev–Trinajstić information content (AvgIpc) is 3.37. The summed E-state index contributed by atoms with van der Waals surface area (Å²) in [5.41, 5.74) is 1.18. The van der Waals surface area contributed by atoms with Crippen molar-refractivity contribution in [2.45, 2.75) is 57.8 Å². The van der Waals surface area contributed by atoms with Gasteiger partial charge in [0.15, 0.2) is 5.11 Å². The number of esters is 1. The molecule has 180 valence electrons. The molecule has 2 aliphatic heterocycles. The van der Waals surface area contributed by atoms with Gasteiger partial charge in [0.25, 0.3) is 0 Å². The lowest BCUT2D eigenvalue weighted by Crippen LogP contribution is -2.45. The molecule has 0 aromatic heterocycles. The molecule has 2 heterocycles. The van der Waals surface area contributed by atoms with Gasteiger partial charge in [-0.1, -0.05) is 25.0 Å². The first-order valence-corrected chi connectivity index (χ1v) is 13.0. The van der Waals surface area contributed by atoms with Gasteiger partial charge in [-0.3, -0.25) is 4.79 Å². The van der Waals surface area contributed by atoms with E-state index >= 15 is 0 Å². The van der Waals surface area contributed by atoms with Gasteiger partial charge in [-0.25, -0.2) is 4.79 Å². The molecule has 0 radical (unpaired) electrons. The standard InChI is InChI=1S/C26H37N3O3S/c1-32-25(31)22-8-4-5-9-23(22)27-26(33)29-16-12-21(13-17-29)20-10-14-28(15-11-20)24(30)18-19-6-2-3-7-19/h4-5,8-9,19-21H,2-3,6-7,10-18H2,1H3,(H,27,33). The molecule has 0 spiro atoms. The molecule has 6 nitrogen and oxygen atoms in total. The lowest BCUT2D eigenvalue weighted by Gasteiger charge is -2.41. The van der Waals surface area contributed by atoms with Crippen LogP contribution in [0.25, 0.3) is 0 Å². The Labute approximate surface area is 203 Å². The molecular formula is C26H37N3O3S. The highest BCUT2D eigenvalue weighted by molar-refractivity contribution is 7.80. The van der Waals surface area contributed by atoms with Gasteiger partial charge in [-0.15, -0.1) is 0 Å². The molecule has 0 bridgehead atoms. The van der Waals surface area contributed by atoms with Crippen molar-refractivity contribution in [2.24, 2.45) is 17.8 Å². The second-order valence-electron chi connectivity index (χ2n) is 9.86. The Morgan fingerprint density at radius 1 is 0.939 bits per heavy atom. The van der Waals surface area contributed by atoms with Gasteiger partial charge >= 0.3 is 5.97 Å². The van der Waals surface area contributed by atoms with E-state index in [1.54, 1.807) is 6.07 Å². The average molecular weight is 472 g/mol. The number of likely N-dealkylation sites (tertiary alicyclic amines) is 2. The molecule has 1 N–H and O–H groups in total. The zero-order valence-electron chi connectivity index (χ0n) is 19.8. The van der Waals surface area contributed by atoms with Crippen LogP contribution in [0.2, 0.25) is 0 Å². The number of ether oxygens (including phenoxy) is 1. The Morgan fingerprint density at radius 2 is 1.52 bits per heavy atom. The second-order valence-corrected chi connectivity index (χ2v) is 10.3. The van der Waals surface area contributed by atoms with Crippen LogP contribution in [0.3, 0.4) is 0 Å². The van der Waals surface area contributed by atoms with E-state index in [-0.39, 0.29) is 5.97 Å². The molecule has 2 saturated heterocycles. The van der Waals surface area contributed by atoms with E-state index in [4.69, 9.17) is 17.0 Å². The van der Waals surface area contributed by atoms with Crippen LogP contribution in [0.15, 0.2) is 24.3 Å². The number of piperidine rings is 2. The number of carbonyl (C=O) groups excluding carboxylic acids is 2. The SMILES string of the molecule is COC(=O)c1ccccc1NC(=S)N1CCC(C2CCN(C(=O)CC3CCCC3)CC2)CC1. The molecule has 1 aromatic carbocycles. The predicted octanol–water partition coefficient (Wildman–Crippen LogP) is 4.70. The summed E-state index contributed by atoms with van der Waals surface area (Å²) in [5, 5.41) is 3.91. The Morgan fingerprint density at radius 3 is 2.12 bits per heavy atom. The van der Waals surface area contributed by atoms with E-state index in [0.717, 1.165) is 58.3 Å². The first kappa shape index (κ1) is 24.0. The first-order chi connectivity index (χ1) is 16.0. The molecule has 1 aliphatic carbocycles. The summed E-state index contributed by atoms with van der Waals surface area (Å²) in [5.74, 6) is 2.07. The van der Waals surface area contributed by atoms with Crippen molar-refractivity contribution in [3.63, 3.8) is 0 Å². The number of rotatable bonds is 5. The molecule has 7 heteroatoms. The summed E-state index contributed by atoms with van der Waals surface area (Å²) < 4.78 is 4.88. The summed E-state index contributed by atoms with van der Waals surface area (Å²) in [4.78, 5) is 29.0. The van der Waals surface area contributed by atoms with E-state index in [1.807, 2.05) is 18.2 Å². The fourth-order valence-corrected chi connectivity index (χ4v) is 6.15. The fraction of sp³-hybridized carbons (Fsp3) is 0.654. The Bertz CT molecular complexity index is 839. The third kappa shape index (κ3) is 6.05. The van der Waals surface area contributed by atoms with Gasteiger partial charge in [-0.2, -0.15) is 0 Å². The minimum absolute atomic E-state index is 0.368. The summed E-state index contributed by atoms with van der Waals surface area (Å²) in [7, 11) is 1.39. The Balaban J connectivity index is 1.21. The quantitative estimate of drug-likeness (QED) is 0.496. The van der Waals surface area contributed by atoms with Crippen molar-refractivity contribution in [1.29, 1.82) is 0 Å². The zero-order chi connectivity index (χ0) is 23.2. The van der Waals surface area contributed by atoms with Crippen LogP contribution in [-0.4, -0.2) is 60.1 Å². The van der Waals surface area contributed by atoms with Gasteiger partial charge in [-0.05, 0) is 80.6 Å². The van der Waals surface area contributed by atoms with Crippen LogP contribution in [0, 0.1) is 17.8 Å². The molecule has 1 aromatic rings. The number of para-hydroxylation sites is 1. The topological polar surface area (TPSA) is 61.9 Å². The summed E-state index contributed by atoms with van der Waals surface area (Å²) in [6, 6.07) is 7.30. The number of amides is 1. The predicted molar refractivity (Wildman–Crippen MR) is 134 cm³/mol. The highest BCUT2D eigenvalue weighted by Crippen LogP contribution is 2.34. The number of methoxy groups -OCH3 is 1. The van der Waals surface area contributed by atoms with Gasteiger partial charge < -0.3 is 19.9 Å². The second kappa shape index (κ2) is 11.3. The van der Waals surface area contributed by atoms with Gasteiger partial charge in [0.1, 0.15) is 0 Å². The van der Waals surface area contributed by atoms with Gasteiger partial charge in [0.05, 0.1) is 18.4 Å². The number of nitrogens with one attached hydrogen (secondary N) is 1. The van der Waals surface area contributed by atoms with Crippen molar-refractivity contribution in [3.8, 4) is 0 Å². The van der Waals surface area contributed by atoms with Crippen molar-refractivity contribution < 1.29 is 14.3 Å². The summed E-state index contributed by atoms with van der Waals surface area (Å²) in [6.07, 6.45) is 10.4. The van der Waals surface area contributed by atoms with E-state index in [0.29, 0.717) is 40.0 Å². The number of carbonyl (C=O) groups is 2. The molecule has 1 saturated carbocycles. The largest absolute Gasteiger partial charge is 0.465 e. The van der Waals surface area contributed by atoms with Crippen LogP contribution in [0.5, 0.6) is 0 Å².